The Labute approximate surface area is 262 Å². The van der Waals surface area contributed by atoms with Gasteiger partial charge in [-0.2, -0.15) is 56.7 Å². The first kappa shape index (κ1) is 41.8. The van der Waals surface area contributed by atoms with Crippen LogP contribution in [-0.4, -0.2) is 66.1 Å². The first-order valence-electron chi connectivity index (χ1n) is 13.4. The summed E-state index contributed by atoms with van der Waals surface area (Å²) in [4.78, 5) is 11.7. The van der Waals surface area contributed by atoms with Crippen LogP contribution in [0.2, 0.25) is 0 Å². The number of esters is 1. The molecule has 0 fully saturated rings. The summed E-state index contributed by atoms with van der Waals surface area (Å²) in [5.74, 6) is -1.69. The number of carbonyl (C=O) groups is 1. The molecule has 2 aromatic rings. The topological polar surface area (TPSA) is 110 Å². The third kappa shape index (κ3) is 10.7. The number of ether oxygens (including phenoxy) is 2. The molecule has 2 N–H and O–H groups in total. The maximum absolute atomic E-state index is 13.3. The van der Waals surface area contributed by atoms with Crippen LogP contribution in [-0.2, 0) is 14.9 Å². The van der Waals surface area contributed by atoms with E-state index in [4.69, 9.17) is 9.66 Å². The minimum atomic E-state index is -6.46. The van der Waals surface area contributed by atoms with Crippen molar-refractivity contribution in [2.45, 2.75) is 87.9 Å². The predicted molar refractivity (Wildman–Crippen MR) is 145 cm³/mol. The number of rotatable bonds is 11. The molecule has 0 saturated carbocycles. The van der Waals surface area contributed by atoms with Gasteiger partial charge in [0.15, 0.2) is 0 Å². The summed E-state index contributed by atoms with van der Waals surface area (Å²) in [5, 5.41) is 3.20. The van der Waals surface area contributed by atoms with Crippen LogP contribution in [0.15, 0.2) is 48.5 Å². The lowest BCUT2D eigenvalue weighted by molar-refractivity contribution is -0.373. The number of hydrogen-bond donors (Lipinski definition) is 2. The van der Waals surface area contributed by atoms with Crippen LogP contribution in [0.5, 0.6) is 5.75 Å². The van der Waals surface area contributed by atoms with Gasteiger partial charge in [0.1, 0.15) is 12.4 Å². The summed E-state index contributed by atoms with van der Waals surface area (Å²) in [6, 6.07) is 10.6. The number of carbonyl (C=O) groups excluding carboxylic acids is 1. The second-order valence-corrected chi connectivity index (χ2v) is 11.8. The van der Waals surface area contributed by atoms with Crippen LogP contribution in [0.1, 0.15) is 73.9 Å². The van der Waals surface area contributed by atoms with Gasteiger partial charge < -0.3 is 14.6 Å². The molecule has 0 aliphatic rings. The molecule has 3 atom stereocenters. The highest BCUT2D eigenvalue weighted by molar-refractivity contribution is 7.86. The van der Waals surface area contributed by atoms with Crippen molar-refractivity contribution in [3.05, 3.63) is 65.2 Å². The van der Waals surface area contributed by atoms with E-state index in [1.807, 2.05) is 27.7 Å². The van der Waals surface area contributed by atoms with Gasteiger partial charge in [0.25, 0.3) is 11.7 Å². The number of benzene rings is 2. The fraction of sp³-hybridized carbons (Fsp3) is 0.536. The van der Waals surface area contributed by atoms with Gasteiger partial charge in [-0.15, -0.1) is 0 Å². The third-order valence-corrected chi connectivity index (χ3v) is 7.85. The molecule has 7 nitrogen and oxygen atoms in total. The second-order valence-electron chi connectivity index (χ2n) is 10.3. The smallest absolute Gasteiger partial charge is 0.432 e. The van der Waals surface area contributed by atoms with Crippen molar-refractivity contribution >= 4 is 16.1 Å². The molecule has 0 heterocycles. The van der Waals surface area contributed by atoms with Crippen molar-refractivity contribution in [2.75, 3.05) is 6.61 Å². The number of alkyl halides is 11. The molecule has 0 aliphatic heterocycles. The Bertz CT molecular complexity index is 1390. The summed E-state index contributed by atoms with van der Waals surface area (Å²) >= 11 is 0. The van der Waals surface area contributed by atoms with Gasteiger partial charge in [0, 0.05) is 0 Å². The lowest BCUT2D eigenvalue weighted by atomic mass is 9.98. The molecule has 0 amide bonds. The molecular weight excluding hydrogens is 689 g/mol. The minimum absolute atomic E-state index is 0.0943. The Morgan fingerprint density at radius 1 is 0.745 bits per heavy atom. The summed E-state index contributed by atoms with van der Waals surface area (Å²) in [7, 11) is -6.46. The molecule has 0 aliphatic carbocycles. The highest BCUT2D eigenvalue weighted by Crippen LogP contribution is 2.43. The van der Waals surface area contributed by atoms with E-state index in [-0.39, 0.29) is 17.6 Å². The van der Waals surface area contributed by atoms with Crippen LogP contribution < -0.4 is 4.74 Å². The molecular formula is C28H31F11O7S. The van der Waals surface area contributed by atoms with Gasteiger partial charge in [-0.3, -0.25) is 4.55 Å². The highest BCUT2D eigenvalue weighted by Gasteiger charge is 2.71. The van der Waals surface area contributed by atoms with Crippen molar-refractivity contribution in [2.24, 2.45) is 0 Å². The zero-order chi connectivity index (χ0) is 36.8. The fourth-order valence-corrected chi connectivity index (χ4v) is 3.91. The molecule has 2 aromatic carbocycles. The highest BCUT2D eigenvalue weighted by atomic mass is 32.2. The maximum Gasteiger partial charge on any atom is 0.432 e. The van der Waals surface area contributed by atoms with Crippen molar-refractivity contribution in [1.82, 2.24) is 0 Å². The SMILES string of the molecule is CCC(C)c1ccc(C(=O)OC(C(F)(F)F)C(F)(F)S(=O)(=O)O)cc1.CCC(C)c1ccc(OCC(O)(C(F)(F)F)C(F)(F)F)cc1. The average Bonchev–Trinajstić information content (AvgIpc) is 2.95. The van der Waals surface area contributed by atoms with E-state index in [1.54, 1.807) is 12.1 Å². The quantitative estimate of drug-likeness (QED) is 0.137. The van der Waals surface area contributed by atoms with Crippen LogP contribution >= 0.6 is 0 Å². The lowest BCUT2D eigenvalue weighted by Gasteiger charge is -2.31. The monoisotopic (exact) mass is 720 g/mol. The summed E-state index contributed by atoms with van der Waals surface area (Å²) in [5.41, 5.74) is -3.74. The van der Waals surface area contributed by atoms with Crippen LogP contribution in [0, 0.1) is 0 Å². The first-order valence-corrected chi connectivity index (χ1v) is 14.9. The Balaban J connectivity index is 0.000000474. The summed E-state index contributed by atoms with van der Waals surface area (Å²) < 4.78 is 177. The molecule has 0 spiro atoms. The molecule has 0 radical (unpaired) electrons. The van der Waals surface area contributed by atoms with Crippen LogP contribution in [0.4, 0.5) is 48.3 Å². The van der Waals surface area contributed by atoms with Crippen LogP contribution in [0.25, 0.3) is 0 Å². The largest absolute Gasteiger partial charge is 0.490 e. The van der Waals surface area contributed by atoms with Crippen LogP contribution in [0.3, 0.4) is 0 Å². The van der Waals surface area contributed by atoms with Gasteiger partial charge in [0.05, 0.1) is 5.56 Å². The minimum Gasteiger partial charge on any atom is -0.490 e. The van der Waals surface area contributed by atoms with E-state index in [0.717, 1.165) is 36.1 Å². The molecule has 47 heavy (non-hydrogen) atoms. The van der Waals surface area contributed by atoms with Gasteiger partial charge >= 0.3 is 39.9 Å². The molecule has 268 valence electrons. The van der Waals surface area contributed by atoms with Crippen molar-refractivity contribution < 1.29 is 80.6 Å². The second kappa shape index (κ2) is 15.4. The van der Waals surface area contributed by atoms with Gasteiger partial charge in [0.2, 0.25) is 0 Å². The molecule has 2 rings (SSSR count). The number of halogens is 11. The molecule has 19 heteroatoms. The zero-order valence-electron chi connectivity index (χ0n) is 25.0. The standard InChI is InChI=1S/C14H16F6O2.C14H15F5O5S/c1-3-9(2)10-4-6-11(7-5-10)22-8-12(21,13(15,16)17)14(18,19)20;1-3-8(2)9-4-6-10(7-5-9)11(20)24-12(13(15,16)17)14(18,19)25(21,22)23/h4-7,9,21H,3,8H2,1-2H3;4-8,12H,3H2,1-2H3,(H,21,22,23). The first-order chi connectivity index (χ1) is 21.1. The van der Waals surface area contributed by atoms with Gasteiger partial charge in [-0.05, 0) is 60.1 Å². The summed E-state index contributed by atoms with van der Waals surface area (Å²) in [6.07, 6.45) is -20.5. The van der Waals surface area contributed by atoms with Crippen molar-refractivity contribution in [1.29, 1.82) is 0 Å². The zero-order valence-corrected chi connectivity index (χ0v) is 25.8. The molecule has 0 saturated heterocycles. The lowest BCUT2D eigenvalue weighted by Crippen LogP contribution is -2.60. The van der Waals surface area contributed by atoms with E-state index in [0.29, 0.717) is 0 Å². The number of aliphatic hydroxyl groups is 1. The van der Waals surface area contributed by atoms with Gasteiger partial charge in [-0.25, -0.2) is 4.79 Å². The van der Waals surface area contributed by atoms with E-state index < -0.39 is 63.7 Å². The van der Waals surface area contributed by atoms with Crippen molar-refractivity contribution in [3.8, 4) is 5.75 Å². The van der Waals surface area contributed by atoms with Crippen molar-refractivity contribution in [3.63, 3.8) is 0 Å². The fourth-order valence-electron chi connectivity index (χ4n) is 3.46. The molecule has 0 aromatic heterocycles. The third-order valence-electron chi connectivity index (χ3n) is 6.95. The Hall–Kier alpha value is -3.19. The normalized spacial score (nSPS) is 15.2. The Morgan fingerprint density at radius 3 is 1.45 bits per heavy atom. The molecule has 3 unspecified atom stereocenters. The maximum atomic E-state index is 13.3. The molecule has 0 bridgehead atoms. The average molecular weight is 721 g/mol. The number of hydrogen-bond acceptors (Lipinski definition) is 6. The van der Waals surface area contributed by atoms with Gasteiger partial charge in [-0.1, -0.05) is 52.0 Å². The van der Waals surface area contributed by atoms with E-state index in [9.17, 15) is 61.5 Å². The van der Waals surface area contributed by atoms with E-state index in [1.165, 1.54) is 24.3 Å². The summed E-state index contributed by atoms with van der Waals surface area (Å²) in [6.45, 7) is 5.67. The van der Waals surface area contributed by atoms with E-state index >= 15 is 0 Å². The Kier molecular flexibility index (Phi) is 13.7. The van der Waals surface area contributed by atoms with E-state index in [2.05, 4.69) is 9.47 Å². The Morgan fingerprint density at radius 2 is 1.13 bits per heavy atom. The predicted octanol–water partition coefficient (Wildman–Crippen LogP) is 8.20.